The molecule has 0 radical (unpaired) electrons. The van der Waals surface area contributed by atoms with E-state index in [4.69, 9.17) is 9.47 Å². The molecule has 0 unspecified atom stereocenters. The van der Waals surface area contributed by atoms with Gasteiger partial charge in [0.2, 0.25) is 0 Å². The van der Waals surface area contributed by atoms with E-state index < -0.39 is 11.8 Å². The van der Waals surface area contributed by atoms with E-state index in [-0.39, 0.29) is 17.3 Å². The molecular weight excluding hydrogens is 518 g/mol. The first kappa shape index (κ1) is 32.3. The molecule has 0 bridgehead atoms. The highest BCUT2D eigenvalue weighted by Gasteiger charge is 2.12. The largest absolute Gasteiger partial charge is 0.491 e. The van der Waals surface area contributed by atoms with Crippen LogP contribution in [0, 0.1) is 11.6 Å². The zero-order valence-electron chi connectivity index (χ0n) is 24.9. The van der Waals surface area contributed by atoms with E-state index in [9.17, 15) is 13.6 Å². The molecule has 0 spiro atoms. The van der Waals surface area contributed by atoms with Crippen molar-refractivity contribution in [1.29, 1.82) is 0 Å². The summed E-state index contributed by atoms with van der Waals surface area (Å²) < 4.78 is 40.3. The topological polar surface area (TPSA) is 35.5 Å². The maximum atomic E-state index is 14.6. The number of carbonyl (C=O) groups excluding carboxylic acids is 1. The van der Waals surface area contributed by atoms with E-state index in [1.54, 1.807) is 42.5 Å². The molecule has 0 fully saturated rings. The predicted octanol–water partition coefficient (Wildman–Crippen LogP) is 10.9. The van der Waals surface area contributed by atoms with E-state index in [0.717, 1.165) is 31.2 Å². The van der Waals surface area contributed by atoms with Crippen molar-refractivity contribution in [2.24, 2.45) is 0 Å². The van der Waals surface area contributed by atoms with E-state index in [1.807, 2.05) is 6.07 Å². The maximum Gasteiger partial charge on any atom is 0.343 e. The Balaban J connectivity index is 1.47. The fraction of sp³-hybridized carbons (Fsp3) is 0.472. The average Bonchev–Trinajstić information content (AvgIpc) is 2.98. The van der Waals surface area contributed by atoms with Crippen LogP contribution in [0.3, 0.4) is 0 Å². The summed E-state index contributed by atoms with van der Waals surface area (Å²) in [6.45, 7) is 4.90. The third kappa shape index (κ3) is 11.3. The van der Waals surface area contributed by atoms with Gasteiger partial charge in [-0.25, -0.2) is 13.6 Å². The van der Waals surface area contributed by atoms with E-state index >= 15 is 0 Å². The summed E-state index contributed by atoms with van der Waals surface area (Å²) in [4.78, 5) is 12.7. The van der Waals surface area contributed by atoms with Crippen molar-refractivity contribution < 1.29 is 23.0 Å². The summed E-state index contributed by atoms with van der Waals surface area (Å²) in [5, 5.41) is 0. The second kappa shape index (κ2) is 18.3. The Morgan fingerprint density at radius 3 is 1.88 bits per heavy atom. The van der Waals surface area contributed by atoms with E-state index in [2.05, 4.69) is 13.8 Å². The summed E-state index contributed by atoms with van der Waals surface area (Å²) in [7, 11) is 0. The average molecular weight is 565 g/mol. The molecule has 0 saturated carbocycles. The first-order valence-electron chi connectivity index (χ1n) is 15.5. The fourth-order valence-electron chi connectivity index (χ4n) is 4.89. The van der Waals surface area contributed by atoms with Crippen LogP contribution in [0.2, 0.25) is 0 Å². The standard InChI is InChI=1S/C36H46F2O3/c1-3-5-7-9-11-12-14-16-29-21-23-32(27-33(29)37)41-36(39)30-19-17-28(18-20-30)31-22-24-35(34(38)26-31)40-25-15-13-10-8-6-4-2/h17-24,26-27H,3-16,25H2,1-2H3. The van der Waals surface area contributed by atoms with Gasteiger partial charge in [0.05, 0.1) is 12.2 Å². The van der Waals surface area contributed by atoms with E-state index in [0.29, 0.717) is 29.7 Å². The predicted molar refractivity (Wildman–Crippen MR) is 164 cm³/mol. The highest BCUT2D eigenvalue weighted by molar-refractivity contribution is 5.91. The van der Waals surface area contributed by atoms with Gasteiger partial charge in [0.25, 0.3) is 0 Å². The van der Waals surface area contributed by atoms with Gasteiger partial charge in [-0.15, -0.1) is 0 Å². The molecular formula is C36H46F2O3. The molecule has 0 heterocycles. The first-order chi connectivity index (χ1) is 20.0. The summed E-state index contributed by atoms with van der Waals surface area (Å²) in [5.74, 6) is -0.894. The minimum absolute atomic E-state index is 0.179. The van der Waals surface area contributed by atoms with Crippen molar-refractivity contribution in [3.05, 3.63) is 83.4 Å². The molecule has 3 nitrogen and oxygen atoms in total. The zero-order chi connectivity index (χ0) is 29.3. The molecule has 0 amide bonds. The number of unbranched alkanes of at least 4 members (excludes halogenated alkanes) is 11. The number of rotatable bonds is 19. The number of ether oxygens (including phenoxy) is 2. The Morgan fingerprint density at radius 1 is 0.634 bits per heavy atom. The number of halogens is 2. The Bertz CT molecular complexity index is 1190. The lowest BCUT2D eigenvalue weighted by atomic mass is 10.0. The molecule has 0 aliphatic heterocycles. The lowest BCUT2D eigenvalue weighted by Crippen LogP contribution is -2.08. The summed E-state index contributed by atoms with van der Waals surface area (Å²) in [6, 6.07) is 16.3. The monoisotopic (exact) mass is 564 g/mol. The molecule has 0 atom stereocenters. The van der Waals surface area contributed by atoms with Gasteiger partial charge < -0.3 is 9.47 Å². The van der Waals surface area contributed by atoms with Gasteiger partial charge in [-0.05, 0) is 66.3 Å². The van der Waals surface area contributed by atoms with Crippen LogP contribution in [-0.4, -0.2) is 12.6 Å². The van der Waals surface area contributed by atoms with Crippen molar-refractivity contribution in [2.75, 3.05) is 6.61 Å². The third-order valence-electron chi connectivity index (χ3n) is 7.43. The van der Waals surface area contributed by atoms with Crippen molar-refractivity contribution >= 4 is 5.97 Å². The lowest BCUT2D eigenvalue weighted by Gasteiger charge is -2.10. The molecule has 222 valence electrons. The normalized spacial score (nSPS) is 11.0. The molecule has 5 heteroatoms. The number of carbonyl (C=O) groups is 1. The van der Waals surface area contributed by atoms with Crippen molar-refractivity contribution in [3.63, 3.8) is 0 Å². The van der Waals surface area contributed by atoms with Crippen LogP contribution < -0.4 is 9.47 Å². The second-order valence-electron chi connectivity index (χ2n) is 10.9. The Hall–Kier alpha value is -3.21. The van der Waals surface area contributed by atoms with Gasteiger partial charge in [-0.1, -0.05) is 109 Å². The maximum absolute atomic E-state index is 14.6. The van der Waals surface area contributed by atoms with Crippen LogP contribution in [0.4, 0.5) is 8.78 Å². The summed E-state index contributed by atoms with van der Waals surface area (Å²) in [6.07, 6.45) is 15.8. The minimum atomic E-state index is -0.569. The number of benzene rings is 3. The lowest BCUT2D eigenvalue weighted by molar-refractivity contribution is 0.0734. The molecule has 3 rings (SSSR count). The molecule has 3 aromatic carbocycles. The molecule has 0 aliphatic rings. The molecule has 41 heavy (non-hydrogen) atoms. The number of aryl methyl sites for hydroxylation is 1. The number of hydrogen-bond acceptors (Lipinski definition) is 3. The fourth-order valence-corrected chi connectivity index (χ4v) is 4.89. The summed E-state index contributed by atoms with van der Waals surface area (Å²) in [5.41, 5.74) is 2.44. The molecule has 3 aromatic rings. The zero-order valence-corrected chi connectivity index (χ0v) is 24.9. The quantitative estimate of drug-likeness (QED) is 0.0825. The van der Waals surface area contributed by atoms with Crippen molar-refractivity contribution in [2.45, 2.75) is 104 Å². The van der Waals surface area contributed by atoms with Gasteiger partial charge in [-0.3, -0.25) is 0 Å². The van der Waals surface area contributed by atoms with Crippen LogP contribution >= 0.6 is 0 Å². The highest BCUT2D eigenvalue weighted by Crippen LogP contribution is 2.27. The van der Waals surface area contributed by atoms with Crippen LogP contribution in [0.15, 0.2) is 60.7 Å². The Labute approximate surface area is 245 Å². The van der Waals surface area contributed by atoms with E-state index in [1.165, 1.54) is 69.9 Å². The van der Waals surface area contributed by atoms with Gasteiger partial charge in [0, 0.05) is 6.07 Å². The van der Waals surface area contributed by atoms with Crippen molar-refractivity contribution in [3.8, 4) is 22.6 Å². The smallest absolute Gasteiger partial charge is 0.343 e. The minimum Gasteiger partial charge on any atom is -0.491 e. The van der Waals surface area contributed by atoms with Crippen LogP contribution in [-0.2, 0) is 6.42 Å². The van der Waals surface area contributed by atoms with Crippen LogP contribution in [0.25, 0.3) is 11.1 Å². The third-order valence-corrected chi connectivity index (χ3v) is 7.43. The summed E-state index contributed by atoms with van der Waals surface area (Å²) >= 11 is 0. The Kier molecular flexibility index (Phi) is 14.4. The number of esters is 1. The van der Waals surface area contributed by atoms with Gasteiger partial charge >= 0.3 is 5.97 Å². The molecule has 0 aromatic heterocycles. The number of hydrogen-bond donors (Lipinski definition) is 0. The molecule has 0 N–H and O–H groups in total. The molecule has 0 aliphatic carbocycles. The molecule has 0 saturated heterocycles. The first-order valence-corrected chi connectivity index (χ1v) is 15.5. The highest BCUT2D eigenvalue weighted by atomic mass is 19.1. The second-order valence-corrected chi connectivity index (χ2v) is 10.9. The Morgan fingerprint density at radius 2 is 1.24 bits per heavy atom. The van der Waals surface area contributed by atoms with Gasteiger partial charge in [-0.2, -0.15) is 0 Å². The van der Waals surface area contributed by atoms with Gasteiger partial charge in [0.15, 0.2) is 11.6 Å². The van der Waals surface area contributed by atoms with Crippen LogP contribution in [0.5, 0.6) is 11.5 Å². The van der Waals surface area contributed by atoms with Gasteiger partial charge in [0.1, 0.15) is 11.6 Å². The van der Waals surface area contributed by atoms with Crippen molar-refractivity contribution in [1.82, 2.24) is 0 Å². The SMILES string of the molecule is CCCCCCCCCc1ccc(OC(=O)c2ccc(-c3ccc(OCCCCCCCC)c(F)c3)cc2)cc1F. The van der Waals surface area contributed by atoms with Crippen LogP contribution in [0.1, 0.15) is 113 Å².